The van der Waals surface area contributed by atoms with E-state index in [-0.39, 0.29) is 5.56 Å². The zero-order valence-electron chi connectivity index (χ0n) is 10.6. The number of benzene rings is 1. The first kappa shape index (κ1) is 13.7. The number of carboxylic acids is 1. The van der Waals surface area contributed by atoms with Crippen LogP contribution in [0.3, 0.4) is 0 Å². The zero-order chi connectivity index (χ0) is 14.0. The summed E-state index contributed by atoms with van der Waals surface area (Å²) in [6.07, 6.45) is 1.93. The van der Waals surface area contributed by atoms with Gasteiger partial charge < -0.3 is 5.11 Å². The van der Waals surface area contributed by atoms with Crippen molar-refractivity contribution in [2.24, 2.45) is 0 Å². The molecule has 0 unspecified atom stereocenters. The molecule has 0 atom stereocenters. The molecule has 1 heterocycles. The topological polar surface area (TPSA) is 63.1 Å². The minimum atomic E-state index is -0.992. The lowest BCUT2D eigenvalue weighted by Crippen LogP contribution is -2.06. The number of rotatable bonds is 3. The van der Waals surface area contributed by atoms with Gasteiger partial charge in [0.2, 0.25) is 0 Å². The molecule has 1 aromatic heterocycles. The Morgan fingerprint density at radius 1 is 1.42 bits per heavy atom. The first-order chi connectivity index (χ1) is 9.02. The van der Waals surface area contributed by atoms with Crippen LogP contribution in [0.5, 0.6) is 0 Å². The summed E-state index contributed by atoms with van der Waals surface area (Å²) in [5.74, 6) is -0.448. The first-order valence-corrected chi connectivity index (χ1v) is 6.68. The van der Waals surface area contributed by atoms with E-state index in [2.05, 4.69) is 25.9 Å². The van der Waals surface area contributed by atoms with Crippen molar-refractivity contribution in [2.75, 3.05) is 0 Å². The van der Waals surface area contributed by atoms with Crippen molar-refractivity contribution in [1.29, 1.82) is 0 Å². The highest BCUT2D eigenvalue weighted by atomic mass is 79.9. The van der Waals surface area contributed by atoms with Gasteiger partial charge in [0.1, 0.15) is 0 Å². The van der Waals surface area contributed by atoms with Crippen molar-refractivity contribution in [2.45, 2.75) is 20.3 Å². The molecule has 2 rings (SSSR count). The molecule has 98 valence electrons. The Morgan fingerprint density at radius 3 is 2.74 bits per heavy atom. The summed E-state index contributed by atoms with van der Waals surface area (Å²) in [6, 6.07) is 5.83. The maximum atomic E-state index is 11.0. The van der Waals surface area contributed by atoms with Gasteiger partial charge in [-0.2, -0.15) is 0 Å². The Balaban J connectivity index is 2.51. The molecule has 0 amide bonds. The van der Waals surface area contributed by atoms with Crippen LogP contribution in [0, 0.1) is 6.92 Å². The lowest BCUT2D eigenvalue weighted by Gasteiger charge is -2.07. The summed E-state index contributed by atoms with van der Waals surface area (Å²) in [5, 5.41) is 9.05. The van der Waals surface area contributed by atoms with E-state index in [0.717, 1.165) is 15.6 Å². The fourth-order valence-corrected chi connectivity index (χ4v) is 2.12. The van der Waals surface area contributed by atoms with Gasteiger partial charge in [-0.25, -0.2) is 14.8 Å². The van der Waals surface area contributed by atoms with E-state index in [1.807, 2.05) is 32.0 Å². The van der Waals surface area contributed by atoms with Crippen LogP contribution < -0.4 is 0 Å². The van der Waals surface area contributed by atoms with Gasteiger partial charge in [0.05, 0.1) is 11.3 Å². The fraction of sp³-hybridized carbons (Fsp3) is 0.214. The second kappa shape index (κ2) is 5.48. The van der Waals surface area contributed by atoms with E-state index in [9.17, 15) is 4.79 Å². The fourth-order valence-electron chi connectivity index (χ4n) is 1.74. The zero-order valence-corrected chi connectivity index (χ0v) is 12.2. The maximum absolute atomic E-state index is 11.0. The third kappa shape index (κ3) is 2.81. The molecule has 1 N–H and O–H groups in total. The normalized spacial score (nSPS) is 10.5. The molecule has 0 aliphatic heterocycles. The molecule has 5 heteroatoms. The Hall–Kier alpha value is -1.75. The predicted octanol–water partition coefficient (Wildman–Crippen LogP) is 3.48. The summed E-state index contributed by atoms with van der Waals surface area (Å²) < 4.78 is 0.981. The van der Waals surface area contributed by atoms with Crippen molar-refractivity contribution in [3.63, 3.8) is 0 Å². The molecule has 0 saturated carbocycles. The van der Waals surface area contributed by atoms with Crippen LogP contribution in [0.25, 0.3) is 11.4 Å². The highest BCUT2D eigenvalue weighted by Gasteiger charge is 2.13. The average molecular weight is 321 g/mol. The molecule has 0 aliphatic rings. The van der Waals surface area contributed by atoms with E-state index in [4.69, 9.17) is 5.11 Å². The number of hydrogen-bond acceptors (Lipinski definition) is 3. The molecular weight excluding hydrogens is 308 g/mol. The molecule has 2 aromatic rings. The molecule has 1 aromatic carbocycles. The number of nitrogens with zero attached hydrogens (tertiary/aromatic N) is 2. The van der Waals surface area contributed by atoms with Crippen molar-refractivity contribution in [1.82, 2.24) is 9.97 Å². The number of hydrogen-bond donors (Lipinski definition) is 1. The maximum Gasteiger partial charge on any atom is 0.339 e. The van der Waals surface area contributed by atoms with Crippen LogP contribution in [0.4, 0.5) is 0 Å². The predicted molar refractivity (Wildman–Crippen MR) is 76.2 cm³/mol. The number of carboxylic acid groups (broad SMARTS) is 1. The third-order valence-corrected chi connectivity index (χ3v) is 3.72. The highest BCUT2D eigenvalue weighted by molar-refractivity contribution is 9.10. The number of aryl methyl sites for hydroxylation is 2. The van der Waals surface area contributed by atoms with E-state index in [0.29, 0.717) is 17.9 Å². The minimum Gasteiger partial charge on any atom is -0.478 e. The largest absolute Gasteiger partial charge is 0.478 e. The molecular formula is C14H13BrN2O2. The number of carbonyl (C=O) groups is 1. The quantitative estimate of drug-likeness (QED) is 0.940. The van der Waals surface area contributed by atoms with Crippen LogP contribution >= 0.6 is 15.9 Å². The number of halogens is 1. The smallest absolute Gasteiger partial charge is 0.339 e. The van der Waals surface area contributed by atoms with Crippen LogP contribution in [0.2, 0.25) is 0 Å². The van der Waals surface area contributed by atoms with Crippen LogP contribution in [-0.2, 0) is 6.42 Å². The first-order valence-electron chi connectivity index (χ1n) is 5.88. The Kier molecular flexibility index (Phi) is 3.95. The summed E-state index contributed by atoms with van der Waals surface area (Å²) in [4.78, 5) is 19.5. The average Bonchev–Trinajstić information content (AvgIpc) is 2.41. The van der Waals surface area contributed by atoms with Crippen molar-refractivity contribution in [3.05, 3.63) is 45.7 Å². The molecule has 0 fully saturated rings. The Morgan fingerprint density at radius 2 is 2.16 bits per heavy atom. The third-order valence-electron chi connectivity index (χ3n) is 2.86. The lowest BCUT2D eigenvalue weighted by molar-refractivity contribution is 0.0694. The summed E-state index contributed by atoms with van der Waals surface area (Å²) >= 11 is 3.47. The molecule has 4 nitrogen and oxygen atoms in total. The molecule has 19 heavy (non-hydrogen) atoms. The monoisotopic (exact) mass is 320 g/mol. The van der Waals surface area contributed by atoms with E-state index >= 15 is 0 Å². The van der Waals surface area contributed by atoms with Gasteiger partial charge in [-0.1, -0.05) is 35.0 Å². The van der Waals surface area contributed by atoms with Crippen molar-refractivity contribution in [3.8, 4) is 11.4 Å². The summed E-state index contributed by atoms with van der Waals surface area (Å²) in [7, 11) is 0. The molecule has 0 spiro atoms. The lowest BCUT2D eigenvalue weighted by atomic mass is 10.1. The van der Waals surface area contributed by atoms with Gasteiger partial charge in [0.15, 0.2) is 5.82 Å². The molecule has 0 radical (unpaired) electrons. The molecule has 0 aliphatic carbocycles. The van der Waals surface area contributed by atoms with E-state index in [1.165, 1.54) is 6.20 Å². The van der Waals surface area contributed by atoms with E-state index < -0.39 is 5.97 Å². The van der Waals surface area contributed by atoms with E-state index in [1.54, 1.807) is 0 Å². The second-order valence-corrected chi connectivity index (χ2v) is 5.03. The van der Waals surface area contributed by atoms with Gasteiger partial charge in [-0.15, -0.1) is 0 Å². The molecule has 0 bridgehead atoms. The highest BCUT2D eigenvalue weighted by Crippen LogP contribution is 2.24. The van der Waals surface area contributed by atoms with Crippen LogP contribution in [-0.4, -0.2) is 21.0 Å². The Labute approximate surface area is 119 Å². The van der Waals surface area contributed by atoms with Crippen molar-refractivity contribution >= 4 is 21.9 Å². The van der Waals surface area contributed by atoms with Gasteiger partial charge >= 0.3 is 5.97 Å². The Bertz CT molecular complexity index is 641. The molecule has 0 saturated heterocycles. The summed E-state index contributed by atoms with van der Waals surface area (Å²) in [6.45, 7) is 3.88. The van der Waals surface area contributed by atoms with Crippen molar-refractivity contribution < 1.29 is 9.90 Å². The van der Waals surface area contributed by atoms with Crippen LogP contribution in [0.1, 0.15) is 28.5 Å². The van der Waals surface area contributed by atoms with Gasteiger partial charge in [0.25, 0.3) is 0 Å². The summed E-state index contributed by atoms with van der Waals surface area (Å²) in [5.41, 5.74) is 2.71. The van der Waals surface area contributed by atoms with Gasteiger partial charge in [-0.05, 0) is 25.0 Å². The number of aromatic nitrogens is 2. The van der Waals surface area contributed by atoms with Gasteiger partial charge in [0, 0.05) is 16.2 Å². The number of aromatic carboxylic acids is 1. The van der Waals surface area contributed by atoms with Gasteiger partial charge in [-0.3, -0.25) is 0 Å². The van der Waals surface area contributed by atoms with Crippen LogP contribution in [0.15, 0.2) is 28.9 Å². The SMILES string of the molecule is CCc1nc(-c2ccc(C)c(Br)c2)ncc1C(=O)O. The standard InChI is InChI=1S/C14H13BrN2O2/c1-3-12-10(14(18)19)7-16-13(17-12)9-5-4-8(2)11(15)6-9/h4-7H,3H2,1-2H3,(H,18,19). The minimum absolute atomic E-state index is 0.164. The second-order valence-electron chi connectivity index (χ2n) is 4.18.